The van der Waals surface area contributed by atoms with Crippen LogP contribution in [-0.4, -0.2) is 56.8 Å². The maximum Gasteiger partial charge on any atom is 0.297 e. The van der Waals surface area contributed by atoms with Gasteiger partial charge in [-0.05, 0) is 33.7 Å². The summed E-state index contributed by atoms with van der Waals surface area (Å²) in [5, 5.41) is 26.9. The van der Waals surface area contributed by atoms with Crippen molar-refractivity contribution < 1.29 is 25.9 Å². The van der Waals surface area contributed by atoms with Gasteiger partial charge in [0, 0.05) is 12.1 Å². The third kappa shape index (κ3) is 5.81. The number of aromatic nitrogens is 6. The Kier molecular flexibility index (Phi) is 6.93. The van der Waals surface area contributed by atoms with Gasteiger partial charge in [-0.25, -0.2) is 0 Å². The van der Waals surface area contributed by atoms with E-state index in [0.717, 1.165) is 0 Å². The van der Waals surface area contributed by atoms with Gasteiger partial charge in [-0.3, -0.25) is 9.11 Å². The van der Waals surface area contributed by atoms with Crippen LogP contribution < -0.4 is 10.6 Å². The van der Waals surface area contributed by atoms with E-state index in [9.17, 15) is 25.9 Å². The van der Waals surface area contributed by atoms with Crippen LogP contribution >= 0.6 is 0 Å². The maximum absolute atomic E-state index is 12.2. The van der Waals surface area contributed by atoms with Crippen LogP contribution in [0, 0.1) is 0 Å². The molecule has 36 heavy (non-hydrogen) atoms. The SMILES string of the molecule is O=S(=O)(O)c1c(/C=C/c2cccc(Nc3ccnnn3)c2S(=O)(=O)O)cccc1Nc1ccnnn1. The zero-order valence-electron chi connectivity index (χ0n) is 18.0. The fraction of sp³-hybridized carbons (Fsp3) is 0. The summed E-state index contributed by atoms with van der Waals surface area (Å²) in [5.41, 5.74) is 0.0111. The lowest BCUT2D eigenvalue weighted by atomic mass is 10.1. The summed E-state index contributed by atoms with van der Waals surface area (Å²) in [6.45, 7) is 0. The van der Waals surface area contributed by atoms with E-state index >= 15 is 0 Å². The minimum Gasteiger partial charge on any atom is -0.337 e. The van der Waals surface area contributed by atoms with Crippen LogP contribution in [0.3, 0.4) is 0 Å². The molecule has 0 aliphatic carbocycles. The molecule has 0 amide bonds. The summed E-state index contributed by atoms with van der Waals surface area (Å²) in [4.78, 5) is -0.982. The standard InChI is InChI=1S/C20H16N8O6S2/c29-35(30,31)19-13(3-1-5-15(19)23-17-9-11-21-27-25-17)7-8-14-4-2-6-16(20(14)36(32,33)34)24-18-10-12-22-28-26-18/h1-12H,(H,21,23,25)(H,22,24,26)(H,29,30,31)(H,32,33,34)/b8-7+. The van der Waals surface area contributed by atoms with E-state index in [1.54, 1.807) is 0 Å². The molecule has 0 fully saturated rings. The number of nitrogens with one attached hydrogen (secondary N) is 2. The molecule has 0 spiro atoms. The summed E-state index contributed by atoms with van der Waals surface area (Å²) in [5.74, 6) is 0.338. The Balaban J connectivity index is 1.79. The number of nitrogens with zero attached hydrogens (tertiary/aromatic N) is 6. The molecule has 2 aromatic carbocycles. The molecule has 2 heterocycles. The Morgan fingerprint density at radius 1 is 0.639 bits per heavy atom. The van der Waals surface area contributed by atoms with Crippen LogP contribution in [0.4, 0.5) is 23.0 Å². The molecule has 0 saturated heterocycles. The van der Waals surface area contributed by atoms with E-state index in [0.29, 0.717) is 0 Å². The van der Waals surface area contributed by atoms with Crippen LogP contribution in [0.5, 0.6) is 0 Å². The van der Waals surface area contributed by atoms with Crippen LogP contribution in [0.2, 0.25) is 0 Å². The maximum atomic E-state index is 12.2. The van der Waals surface area contributed by atoms with Gasteiger partial charge < -0.3 is 10.6 Å². The minimum absolute atomic E-state index is 0.0122. The highest BCUT2D eigenvalue weighted by Gasteiger charge is 2.22. The van der Waals surface area contributed by atoms with Crippen LogP contribution in [0.15, 0.2) is 70.7 Å². The highest BCUT2D eigenvalue weighted by atomic mass is 32.2. The van der Waals surface area contributed by atoms with Crippen LogP contribution in [-0.2, 0) is 20.2 Å². The van der Waals surface area contributed by atoms with E-state index in [4.69, 9.17) is 0 Å². The second kappa shape index (κ2) is 10.1. The molecule has 0 unspecified atom stereocenters. The van der Waals surface area contributed by atoms with Gasteiger partial charge in [-0.2, -0.15) is 16.8 Å². The number of benzene rings is 2. The summed E-state index contributed by atoms with van der Waals surface area (Å²) in [6, 6.07) is 11.5. The lowest BCUT2D eigenvalue weighted by molar-refractivity contribution is 0.481. The van der Waals surface area contributed by atoms with Gasteiger partial charge in [0.2, 0.25) is 0 Å². The molecule has 16 heteroatoms. The summed E-state index contributed by atoms with van der Waals surface area (Å²) in [6.07, 6.45) is 5.21. The first-order valence-corrected chi connectivity index (χ1v) is 12.7. The lowest BCUT2D eigenvalue weighted by Gasteiger charge is -2.13. The highest BCUT2D eigenvalue weighted by molar-refractivity contribution is 7.86. The average Bonchev–Trinajstić information content (AvgIpc) is 2.83. The number of hydrogen-bond donors (Lipinski definition) is 4. The van der Waals surface area contributed by atoms with Crippen molar-refractivity contribution in [1.82, 2.24) is 30.8 Å². The molecule has 4 rings (SSSR count). The summed E-state index contributed by atoms with van der Waals surface area (Å²) in [7, 11) is -9.51. The number of anilines is 4. The second-order valence-corrected chi connectivity index (χ2v) is 9.71. The minimum atomic E-state index is -4.75. The first-order valence-electron chi connectivity index (χ1n) is 9.85. The Hall–Kier alpha value is -4.38. The van der Waals surface area contributed by atoms with E-state index < -0.39 is 30.0 Å². The summed E-state index contributed by atoms with van der Waals surface area (Å²) < 4.78 is 68.7. The first-order chi connectivity index (χ1) is 17.1. The van der Waals surface area contributed by atoms with Gasteiger partial charge in [-0.1, -0.05) is 36.4 Å². The lowest BCUT2D eigenvalue weighted by Crippen LogP contribution is -2.07. The molecule has 0 aliphatic rings. The van der Waals surface area contributed by atoms with Crippen molar-refractivity contribution in [1.29, 1.82) is 0 Å². The zero-order valence-corrected chi connectivity index (χ0v) is 19.6. The molecule has 4 aromatic rings. The zero-order chi connectivity index (χ0) is 25.8. The normalized spacial score (nSPS) is 11.9. The van der Waals surface area contributed by atoms with Gasteiger partial charge in [0.25, 0.3) is 20.2 Å². The Labute approximate surface area is 204 Å². The third-order valence-corrected chi connectivity index (χ3v) is 6.52. The molecule has 184 valence electrons. The monoisotopic (exact) mass is 528 g/mol. The largest absolute Gasteiger partial charge is 0.337 e. The Bertz CT molecular complexity index is 1510. The molecular weight excluding hydrogens is 512 g/mol. The van der Waals surface area contributed by atoms with E-state index in [1.165, 1.54) is 73.1 Å². The van der Waals surface area contributed by atoms with Crippen molar-refractivity contribution >= 4 is 55.4 Å². The third-order valence-electron chi connectivity index (χ3n) is 4.58. The molecule has 0 atom stereocenters. The molecule has 0 bridgehead atoms. The molecule has 4 N–H and O–H groups in total. The van der Waals surface area contributed by atoms with Crippen LogP contribution in [0.25, 0.3) is 12.2 Å². The van der Waals surface area contributed by atoms with Crippen LogP contribution in [0.1, 0.15) is 11.1 Å². The predicted molar refractivity (Wildman–Crippen MR) is 128 cm³/mol. The Morgan fingerprint density at radius 3 is 1.39 bits per heavy atom. The predicted octanol–water partition coefficient (Wildman–Crippen LogP) is 2.21. The quantitative estimate of drug-likeness (QED) is 0.191. The fourth-order valence-corrected chi connectivity index (χ4v) is 4.88. The second-order valence-electron chi connectivity index (χ2n) is 6.99. The van der Waals surface area contributed by atoms with Crippen molar-refractivity contribution in [2.75, 3.05) is 10.6 Å². The number of hydrogen-bond acceptors (Lipinski definition) is 12. The average molecular weight is 529 g/mol. The van der Waals surface area contributed by atoms with Gasteiger partial charge >= 0.3 is 0 Å². The van der Waals surface area contributed by atoms with Gasteiger partial charge in [0.15, 0.2) is 11.6 Å². The van der Waals surface area contributed by atoms with Gasteiger partial charge in [0.05, 0.1) is 23.8 Å². The molecular formula is C20H16N8O6S2. The summed E-state index contributed by atoms with van der Waals surface area (Å²) >= 11 is 0. The van der Waals surface area contributed by atoms with Gasteiger partial charge in [-0.15, -0.1) is 20.4 Å². The highest BCUT2D eigenvalue weighted by Crippen LogP contribution is 2.32. The van der Waals surface area contributed by atoms with Crippen molar-refractivity contribution in [3.8, 4) is 0 Å². The molecule has 2 aromatic heterocycles. The molecule has 14 nitrogen and oxygen atoms in total. The van der Waals surface area contributed by atoms with Crippen molar-refractivity contribution in [2.24, 2.45) is 0 Å². The van der Waals surface area contributed by atoms with E-state index in [2.05, 4.69) is 41.5 Å². The van der Waals surface area contributed by atoms with Crippen molar-refractivity contribution in [2.45, 2.75) is 9.79 Å². The fourth-order valence-electron chi connectivity index (χ4n) is 3.22. The molecule has 0 aliphatic heterocycles. The van der Waals surface area contributed by atoms with Crippen molar-refractivity contribution in [3.63, 3.8) is 0 Å². The van der Waals surface area contributed by atoms with E-state index in [1.807, 2.05) is 0 Å². The number of rotatable bonds is 8. The van der Waals surface area contributed by atoms with Gasteiger partial charge in [0.1, 0.15) is 9.79 Å². The smallest absolute Gasteiger partial charge is 0.297 e. The molecule has 0 saturated carbocycles. The van der Waals surface area contributed by atoms with E-state index in [-0.39, 0.29) is 34.1 Å². The first kappa shape index (κ1) is 24.7. The van der Waals surface area contributed by atoms with Crippen molar-refractivity contribution in [3.05, 3.63) is 72.1 Å². The topological polar surface area (TPSA) is 210 Å². The Morgan fingerprint density at radius 2 is 1.06 bits per heavy atom. The molecule has 0 radical (unpaired) electrons.